The summed E-state index contributed by atoms with van der Waals surface area (Å²) < 4.78 is 26.2. The molecule has 2 aliphatic carbocycles. The Kier molecular flexibility index (Phi) is 7.57. The summed E-state index contributed by atoms with van der Waals surface area (Å²) in [5, 5.41) is 0. The van der Waals surface area contributed by atoms with E-state index in [1.54, 1.807) is 0 Å². The Hall–Kier alpha value is -1.77. The molecule has 40 heavy (non-hydrogen) atoms. The molecular weight excluding hydrogens is 515 g/mol. The first kappa shape index (κ1) is 29.7. The molecular formula is C35H51O4P. The first-order valence-electron chi connectivity index (χ1n) is 15.6. The van der Waals surface area contributed by atoms with E-state index in [4.69, 9.17) is 9.05 Å². The van der Waals surface area contributed by atoms with Crippen molar-refractivity contribution in [3.05, 3.63) is 57.6 Å². The summed E-state index contributed by atoms with van der Waals surface area (Å²) in [4.78, 5) is 11.4. The van der Waals surface area contributed by atoms with Crippen LogP contribution >= 0.6 is 7.82 Å². The van der Waals surface area contributed by atoms with E-state index in [0.717, 1.165) is 73.6 Å². The molecule has 0 spiro atoms. The lowest BCUT2D eigenvalue weighted by Gasteiger charge is -2.39. The number of fused-ring (bicyclic) bond motifs is 2. The molecule has 0 unspecified atom stereocenters. The van der Waals surface area contributed by atoms with Gasteiger partial charge in [-0.2, -0.15) is 0 Å². The molecule has 1 aliphatic heterocycles. The molecule has 1 heterocycles. The molecule has 0 saturated heterocycles. The fraction of sp³-hybridized carbons (Fsp3) is 0.657. The smallest absolute Gasteiger partial charge is 0.395 e. The molecule has 2 aromatic rings. The Bertz CT molecular complexity index is 1220. The van der Waals surface area contributed by atoms with Crippen LogP contribution in [0.25, 0.3) is 0 Å². The van der Waals surface area contributed by atoms with Gasteiger partial charge in [0.2, 0.25) is 0 Å². The van der Waals surface area contributed by atoms with Crippen LogP contribution in [0.2, 0.25) is 0 Å². The van der Waals surface area contributed by atoms with Crippen molar-refractivity contribution in [2.24, 2.45) is 0 Å². The summed E-state index contributed by atoms with van der Waals surface area (Å²) in [6.45, 7) is 18.1. The lowest BCUT2D eigenvalue weighted by Crippen LogP contribution is -2.29. The highest BCUT2D eigenvalue weighted by molar-refractivity contribution is 7.48. The van der Waals surface area contributed by atoms with Gasteiger partial charge in [-0.15, -0.1) is 0 Å². The maximum absolute atomic E-state index is 13.9. The number of phosphoric ester groups is 1. The largest absolute Gasteiger partial charge is 0.584 e. The van der Waals surface area contributed by atoms with Gasteiger partial charge in [-0.05, 0) is 69.6 Å². The molecule has 220 valence electrons. The van der Waals surface area contributed by atoms with Crippen molar-refractivity contribution in [3.63, 3.8) is 0 Å². The fourth-order valence-electron chi connectivity index (χ4n) is 7.28. The second-order valence-corrected chi connectivity index (χ2v) is 16.9. The predicted octanol–water partition coefficient (Wildman–Crippen LogP) is 10.2. The van der Waals surface area contributed by atoms with Crippen LogP contribution in [0.4, 0.5) is 0 Å². The Balaban J connectivity index is 1.78. The molecule has 5 rings (SSSR count). The molecule has 4 nitrogen and oxygen atoms in total. The van der Waals surface area contributed by atoms with Gasteiger partial charge in [0, 0.05) is 17.5 Å². The quantitative estimate of drug-likeness (QED) is 0.368. The van der Waals surface area contributed by atoms with Crippen molar-refractivity contribution in [2.75, 3.05) is 0 Å². The van der Waals surface area contributed by atoms with Gasteiger partial charge in [0.25, 0.3) is 0 Å². The van der Waals surface area contributed by atoms with Crippen LogP contribution in [0.15, 0.2) is 24.3 Å². The highest BCUT2D eigenvalue weighted by atomic mass is 31.2. The average Bonchev–Trinajstić information content (AvgIpc) is 2.84. The Morgan fingerprint density at radius 1 is 0.650 bits per heavy atom. The first-order chi connectivity index (χ1) is 18.5. The van der Waals surface area contributed by atoms with Gasteiger partial charge in [0.05, 0.1) is 0 Å². The van der Waals surface area contributed by atoms with Crippen molar-refractivity contribution in [2.45, 2.75) is 148 Å². The maximum Gasteiger partial charge on any atom is 0.584 e. The second kappa shape index (κ2) is 10.2. The lowest BCUT2D eigenvalue weighted by atomic mass is 9.68. The van der Waals surface area contributed by atoms with E-state index in [1.807, 2.05) is 0 Å². The minimum Gasteiger partial charge on any atom is -0.395 e. The number of benzene rings is 2. The van der Waals surface area contributed by atoms with Crippen LogP contribution in [-0.4, -0.2) is 4.89 Å². The van der Waals surface area contributed by atoms with E-state index in [0.29, 0.717) is 17.9 Å². The van der Waals surface area contributed by atoms with Crippen LogP contribution in [0, 0.1) is 0 Å². The topological polar surface area (TPSA) is 55.8 Å². The zero-order valence-corrected chi connectivity index (χ0v) is 27.1. The molecule has 5 heteroatoms. The van der Waals surface area contributed by atoms with Gasteiger partial charge in [-0.25, -0.2) is 4.57 Å². The number of hydrogen-bond donors (Lipinski definition) is 1. The molecule has 3 aliphatic rings. The lowest BCUT2D eigenvalue weighted by molar-refractivity contribution is 0.266. The summed E-state index contributed by atoms with van der Waals surface area (Å²) in [6.07, 6.45) is 12.0. The summed E-state index contributed by atoms with van der Waals surface area (Å²) in [6, 6.07) is 8.97. The van der Waals surface area contributed by atoms with Gasteiger partial charge in [-0.1, -0.05) is 118 Å². The summed E-state index contributed by atoms with van der Waals surface area (Å²) in [5.74, 6) is 1.14. The first-order valence-corrected chi connectivity index (χ1v) is 17.1. The second-order valence-electron chi connectivity index (χ2n) is 15.6. The average molecular weight is 567 g/mol. The van der Waals surface area contributed by atoms with Gasteiger partial charge >= 0.3 is 7.82 Å². The Labute approximate surface area is 242 Å². The van der Waals surface area contributed by atoms with Crippen LogP contribution in [-0.2, 0) is 32.6 Å². The molecule has 0 amide bonds. The number of hydrogen-bond acceptors (Lipinski definition) is 3. The Morgan fingerprint density at radius 2 is 1.00 bits per heavy atom. The minimum atomic E-state index is -4.45. The Morgan fingerprint density at radius 3 is 1.32 bits per heavy atom. The van der Waals surface area contributed by atoms with E-state index in [9.17, 15) is 9.46 Å². The molecule has 0 radical (unpaired) electrons. The van der Waals surface area contributed by atoms with Gasteiger partial charge in [0.15, 0.2) is 0 Å². The monoisotopic (exact) mass is 566 g/mol. The summed E-state index contributed by atoms with van der Waals surface area (Å²) in [5.41, 5.74) is 6.32. The zero-order chi connectivity index (χ0) is 29.1. The predicted molar refractivity (Wildman–Crippen MR) is 165 cm³/mol. The van der Waals surface area contributed by atoms with E-state index in [1.165, 1.54) is 24.0 Å². The van der Waals surface area contributed by atoms with E-state index in [2.05, 4.69) is 79.7 Å². The van der Waals surface area contributed by atoms with E-state index < -0.39 is 7.82 Å². The molecule has 2 fully saturated rings. The van der Waals surface area contributed by atoms with Crippen LogP contribution < -0.4 is 9.05 Å². The SMILES string of the molecule is CC(C)(C)c1cc2c(c(C3(C)CCCCC3)c1)OP(=O)(O)Oc1c(cc(C(C)(C)C)cc1C1(C)CCCCC1)C2. The molecule has 2 aromatic carbocycles. The maximum atomic E-state index is 13.9. The zero-order valence-electron chi connectivity index (χ0n) is 26.2. The molecule has 0 atom stereocenters. The fourth-order valence-corrected chi connectivity index (χ4v) is 8.21. The standard InChI is InChI=1S/C35H51O4P/c1-32(2,3)26-20-24-19-25-21-27(33(4,5)6)23-29(35(8)17-13-10-14-18-35)31(25)39-40(36,37)38-30(24)28(22-26)34(7)15-11-9-12-16-34/h20-23H,9-19H2,1-8H3,(H,36,37). The van der Waals surface area contributed by atoms with Crippen molar-refractivity contribution < 1.29 is 18.5 Å². The van der Waals surface area contributed by atoms with Crippen molar-refractivity contribution in [3.8, 4) is 11.5 Å². The van der Waals surface area contributed by atoms with Gasteiger partial charge in [-0.3, -0.25) is 4.89 Å². The highest BCUT2D eigenvalue weighted by Gasteiger charge is 2.42. The van der Waals surface area contributed by atoms with Crippen molar-refractivity contribution in [1.82, 2.24) is 0 Å². The molecule has 2 saturated carbocycles. The molecule has 0 bridgehead atoms. The third kappa shape index (κ3) is 5.78. The van der Waals surface area contributed by atoms with Crippen LogP contribution in [0.3, 0.4) is 0 Å². The van der Waals surface area contributed by atoms with Crippen molar-refractivity contribution >= 4 is 7.82 Å². The third-order valence-electron chi connectivity index (χ3n) is 10.1. The molecule has 0 aromatic heterocycles. The van der Waals surface area contributed by atoms with Crippen molar-refractivity contribution in [1.29, 1.82) is 0 Å². The normalized spacial score (nSPS) is 22.1. The minimum absolute atomic E-state index is 0.0621. The van der Waals surface area contributed by atoms with Gasteiger partial charge < -0.3 is 9.05 Å². The van der Waals surface area contributed by atoms with Gasteiger partial charge in [0.1, 0.15) is 11.5 Å². The summed E-state index contributed by atoms with van der Waals surface area (Å²) in [7, 11) is -4.45. The van der Waals surface area contributed by atoms with Crippen LogP contribution in [0.1, 0.15) is 153 Å². The third-order valence-corrected chi connectivity index (χ3v) is 10.9. The number of rotatable bonds is 2. The molecule has 1 N–H and O–H groups in total. The van der Waals surface area contributed by atoms with E-state index in [-0.39, 0.29) is 21.7 Å². The number of phosphoric acid groups is 1. The summed E-state index contributed by atoms with van der Waals surface area (Å²) >= 11 is 0. The highest BCUT2D eigenvalue weighted by Crippen LogP contribution is 2.57. The van der Waals surface area contributed by atoms with Crippen LogP contribution in [0.5, 0.6) is 11.5 Å². The van der Waals surface area contributed by atoms with E-state index >= 15 is 0 Å².